The highest BCUT2D eigenvalue weighted by Gasteiger charge is 2.18. The van der Waals surface area contributed by atoms with Crippen LogP contribution in [0.3, 0.4) is 0 Å². The van der Waals surface area contributed by atoms with E-state index >= 15 is 0 Å². The molecule has 3 rings (SSSR count). The molecule has 146 valence electrons. The second kappa shape index (κ2) is 8.45. The predicted molar refractivity (Wildman–Crippen MR) is 101 cm³/mol. The van der Waals surface area contributed by atoms with Gasteiger partial charge in [0, 0.05) is 0 Å². The molecule has 0 aliphatic carbocycles. The van der Waals surface area contributed by atoms with Crippen LogP contribution in [-0.2, 0) is 28.0 Å². The standard InChI is InChI=1S/C20H18F2N2O3S/c1-14-5-8-17(22)11-19(14)28(25,26)24-20-4-2-3-18(23-20)13-27-12-15-6-9-16(21)10-7-15/h2-11H,12-13H2,1H3,(H,23,24). The number of hydrogen-bond acceptors (Lipinski definition) is 4. The zero-order valence-corrected chi connectivity index (χ0v) is 15.8. The molecule has 0 atom stereocenters. The van der Waals surface area contributed by atoms with Crippen LogP contribution in [0.25, 0.3) is 0 Å². The van der Waals surface area contributed by atoms with Gasteiger partial charge in [0.15, 0.2) is 0 Å². The van der Waals surface area contributed by atoms with Gasteiger partial charge < -0.3 is 4.74 Å². The summed E-state index contributed by atoms with van der Waals surface area (Å²) in [4.78, 5) is 4.07. The van der Waals surface area contributed by atoms with E-state index in [0.29, 0.717) is 11.3 Å². The molecule has 2 aromatic carbocycles. The van der Waals surface area contributed by atoms with Gasteiger partial charge in [-0.1, -0.05) is 24.3 Å². The molecule has 1 heterocycles. The molecule has 5 nitrogen and oxygen atoms in total. The molecular formula is C20H18F2N2O3S. The molecule has 0 unspecified atom stereocenters. The zero-order valence-electron chi connectivity index (χ0n) is 15.0. The van der Waals surface area contributed by atoms with Gasteiger partial charge in [-0.05, 0) is 54.4 Å². The van der Waals surface area contributed by atoms with Crippen LogP contribution in [0, 0.1) is 18.6 Å². The molecule has 3 aromatic rings. The van der Waals surface area contributed by atoms with Crippen LogP contribution in [0.5, 0.6) is 0 Å². The van der Waals surface area contributed by atoms with Gasteiger partial charge in [0.25, 0.3) is 10.0 Å². The molecule has 28 heavy (non-hydrogen) atoms. The third-order valence-corrected chi connectivity index (χ3v) is 5.41. The van der Waals surface area contributed by atoms with Crippen LogP contribution in [0.4, 0.5) is 14.6 Å². The minimum absolute atomic E-state index is 0.103. The average Bonchev–Trinajstić information content (AvgIpc) is 2.65. The maximum absolute atomic E-state index is 13.4. The second-order valence-electron chi connectivity index (χ2n) is 6.15. The first-order chi connectivity index (χ1) is 13.3. The maximum atomic E-state index is 13.4. The van der Waals surface area contributed by atoms with Gasteiger partial charge in [0.1, 0.15) is 17.5 Å². The fraction of sp³-hybridized carbons (Fsp3) is 0.150. The highest BCUT2D eigenvalue weighted by Crippen LogP contribution is 2.20. The van der Waals surface area contributed by atoms with E-state index in [1.54, 1.807) is 31.2 Å². The van der Waals surface area contributed by atoms with Crippen molar-refractivity contribution >= 4 is 15.8 Å². The molecule has 0 aliphatic rings. The van der Waals surface area contributed by atoms with E-state index in [0.717, 1.165) is 11.6 Å². The first kappa shape index (κ1) is 19.9. The number of rotatable bonds is 7. The number of anilines is 1. The number of aryl methyl sites for hydroxylation is 1. The van der Waals surface area contributed by atoms with E-state index in [1.807, 2.05) is 0 Å². The quantitative estimate of drug-likeness (QED) is 0.641. The first-order valence-electron chi connectivity index (χ1n) is 8.40. The minimum atomic E-state index is -3.98. The van der Waals surface area contributed by atoms with Crippen molar-refractivity contribution in [2.45, 2.75) is 25.0 Å². The van der Waals surface area contributed by atoms with Gasteiger partial charge in [0.2, 0.25) is 0 Å². The summed E-state index contributed by atoms with van der Waals surface area (Å²) >= 11 is 0. The number of hydrogen-bond donors (Lipinski definition) is 1. The Kier molecular flexibility index (Phi) is 6.01. The summed E-state index contributed by atoms with van der Waals surface area (Å²) in [7, 11) is -3.98. The van der Waals surface area contributed by atoms with E-state index in [1.165, 1.54) is 30.3 Å². The third kappa shape index (κ3) is 5.11. The molecular weight excluding hydrogens is 386 g/mol. The number of nitrogens with zero attached hydrogens (tertiary/aromatic N) is 1. The Morgan fingerprint density at radius 1 is 0.964 bits per heavy atom. The maximum Gasteiger partial charge on any atom is 0.263 e. The van der Waals surface area contributed by atoms with E-state index in [2.05, 4.69) is 9.71 Å². The lowest BCUT2D eigenvalue weighted by Crippen LogP contribution is -2.16. The summed E-state index contributed by atoms with van der Waals surface area (Å²) in [5.74, 6) is -0.854. The molecule has 0 saturated carbocycles. The van der Waals surface area contributed by atoms with Gasteiger partial charge in [-0.25, -0.2) is 22.2 Å². The number of pyridine rings is 1. The monoisotopic (exact) mass is 404 g/mol. The van der Waals surface area contributed by atoms with Crippen LogP contribution >= 0.6 is 0 Å². The molecule has 0 fully saturated rings. The molecule has 0 spiro atoms. The summed E-state index contributed by atoms with van der Waals surface area (Å²) in [5, 5.41) is 0. The predicted octanol–water partition coefficient (Wildman–Crippen LogP) is 4.19. The molecule has 0 radical (unpaired) electrons. The zero-order chi connectivity index (χ0) is 20.1. The molecule has 0 saturated heterocycles. The van der Waals surface area contributed by atoms with Crippen LogP contribution in [0.2, 0.25) is 0 Å². The number of halogens is 2. The van der Waals surface area contributed by atoms with Crippen LogP contribution < -0.4 is 4.72 Å². The van der Waals surface area contributed by atoms with Crippen LogP contribution in [0.1, 0.15) is 16.8 Å². The Morgan fingerprint density at radius 2 is 1.68 bits per heavy atom. The minimum Gasteiger partial charge on any atom is -0.370 e. The molecule has 0 aliphatic heterocycles. The van der Waals surface area contributed by atoms with E-state index in [-0.39, 0.29) is 29.7 Å². The molecule has 8 heteroatoms. The van der Waals surface area contributed by atoms with Gasteiger partial charge in [-0.15, -0.1) is 0 Å². The van der Waals surface area contributed by atoms with Crippen molar-refractivity contribution in [1.29, 1.82) is 0 Å². The summed E-state index contributed by atoms with van der Waals surface area (Å²) in [5.41, 5.74) is 1.74. The molecule has 1 aromatic heterocycles. The number of benzene rings is 2. The third-order valence-electron chi connectivity index (χ3n) is 3.92. The second-order valence-corrected chi connectivity index (χ2v) is 7.80. The Morgan fingerprint density at radius 3 is 2.43 bits per heavy atom. The Labute approximate surface area is 162 Å². The fourth-order valence-corrected chi connectivity index (χ4v) is 3.79. The number of aromatic nitrogens is 1. The largest absolute Gasteiger partial charge is 0.370 e. The van der Waals surface area contributed by atoms with Gasteiger partial charge in [-0.2, -0.15) is 0 Å². The number of sulfonamides is 1. The van der Waals surface area contributed by atoms with Crippen LogP contribution in [0.15, 0.2) is 65.6 Å². The van der Waals surface area contributed by atoms with Gasteiger partial charge in [-0.3, -0.25) is 4.72 Å². The van der Waals surface area contributed by atoms with E-state index in [4.69, 9.17) is 4.74 Å². The molecule has 0 amide bonds. The first-order valence-corrected chi connectivity index (χ1v) is 9.89. The van der Waals surface area contributed by atoms with Crippen molar-refractivity contribution in [3.8, 4) is 0 Å². The lowest BCUT2D eigenvalue weighted by Gasteiger charge is -2.11. The summed E-state index contributed by atoms with van der Waals surface area (Å²) in [6.07, 6.45) is 0. The van der Waals surface area contributed by atoms with Crippen molar-refractivity contribution in [3.05, 3.63) is 89.1 Å². The fourth-order valence-electron chi connectivity index (χ4n) is 2.53. The Hall–Kier alpha value is -2.84. The Balaban J connectivity index is 1.67. The van der Waals surface area contributed by atoms with E-state index < -0.39 is 15.8 Å². The van der Waals surface area contributed by atoms with Crippen molar-refractivity contribution in [2.75, 3.05) is 4.72 Å². The average molecular weight is 404 g/mol. The van der Waals surface area contributed by atoms with Crippen LogP contribution in [-0.4, -0.2) is 13.4 Å². The topological polar surface area (TPSA) is 68.3 Å². The van der Waals surface area contributed by atoms with Crippen molar-refractivity contribution in [3.63, 3.8) is 0 Å². The van der Waals surface area contributed by atoms with Gasteiger partial charge >= 0.3 is 0 Å². The van der Waals surface area contributed by atoms with Gasteiger partial charge in [0.05, 0.1) is 23.8 Å². The number of nitrogens with one attached hydrogen (secondary N) is 1. The highest BCUT2D eigenvalue weighted by atomic mass is 32.2. The molecule has 0 bridgehead atoms. The Bertz CT molecular complexity index is 1070. The van der Waals surface area contributed by atoms with Crippen molar-refractivity contribution < 1.29 is 21.9 Å². The lowest BCUT2D eigenvalue weighted by molar-refractivity contribution is 0.104. The van der Waals surface area contributed by atoms with Crippen molar-refractivity contribution in [1.82, 2.24) is 4.98 Å². The number of ether oxygens (including phenoxy) is 1. The lowest BCUT2D eigenvalue weighted by atomic mass is 10.2. The summed E-state index contributed by atoms with van der Waals surface area (Å²) in [6.45, 7) is 1.99. The normalized spacial score (nSPS) is 11.4. The van der Waals surface area contributed by atoms with E-state index in [9.17, 15) is 17.2 Å². The highest BCUT2D eigenvalue weighted by molar-refractivity contribution is 7.92. The molecule has 1 N–H and O–H groups in total. The smallest absolute Gasteiger partial charge is 0.263 e. The van der Waals surface area contributed by atoms with Crippen molar-refractivity contribution in [2.24, 2.45) is 0 Å². The summed E-state index contributed by atoms with van der Waals surface area (Å²) in [6, 6.07) is 14.3. The SMILES string of the molecule is Cc1ccc(F)cc1S(=O)(=O)Nc1cccc(COCc2ccc(F)cc2)n1. The summed E-state index contributed by atoms with van der Waals surface area (Å²) < 4.78 is 59.3.